The van der Waals surface area contributed by atoms with Crippen LogP contribution < -0.4 is 0 Å². The topological polar surface area (TPSA) is 55.2 Å². The number of imidazole rings is 1. The fraction of sp³-hybridized carbons (Fsp3) is 0.269. The molecule has 1 aliphatic carbocycles. The number of hydrogen-bond acceptors (Lipinski definition) is 4. The zero-order valence-corrected chi connectivity index (χ0v) is 18.0. The molecule has 3 aromatic rings. The molecule has 0 radical (unpaired) electrons. The van der Waals surface area contributed by atoms with E-state index in [4.69, 9.17) is 0 Å². The van der Waals surface area contributed by atoms with Gasteiger partial charge in [0.2, 0.25) is 5.78 Å². The number of rotatable bonds is 8. The van der Waals surface area contributed by atoms with Gasteiger partial charge in [-0.3, -0.25) is 9.59 Å². The molecule has 0 bridgehead atoms. The second kappa shape index (κ2) is 9.23. The molecule has 0 aliphatic heterocycles. The summed E-state index contributed by atoms with van der Waals surface area (Å²) < 4.78 is 2.10. The number of fused-ring (bicyclic) bond motifs is 3. The van der Waals surface area contributed by atoms with Crippen molar-refractivity contribution in [3.05, 3.63) is 77.2 Å². The SMILES string of the molecule is CCN(CC)CCCn1c(/C=C/c2ccccc2)nc2c1-c1ccccc1C(=O)C2=O. The summed E-state index contributed by atoms with van der Waals surface area (Å²) in [4.78, 5) is 32.5. The van der Waals surface area contributed by atoms with Crippen molar-refractivity contribution in [2.24, 2.45) is 0 Å². The summed E-state index contributed by atoms with van der Waals surface area (Å²) in [6.07, 6.45) is 4.86. The van der Waals surface area contributed by atoms with Gasteiger partial charge < -0.3 is 9.47 Å². The molecule has 0 spiro atoms. The first-order chi connectivity index (χ1) is 15.1. The summed E-state index contributed by atoms with van der Waals surface area (Å²) in [7, 11) is 0. The van der Waals surface area contributed by atoms with Crippen molar-refractivity contribution < 1.29 is 9.59 Å². The van der Waals surface area contributed by atoms with Crippen LogP contribution in [0.15, 0.2) is 54.6 Å². The largest absolute Gasteiger partial charge is 0.324 e. The zero-order valence-electron chi connectivity index (χ0n) is 18.0. The van der Waals surface area contributed by atoms with Crippen LogP contribution in [0.1, 0.15) is 52.5 Å². The first-order valence-corrected chi connectivity index (χ1v) is 10.9. The number of ketones is 2. The Balaban J connectivity index is 1.77. The van der Waals surface area contributed by atoms with E-state index in [1.54, 1.807) is 12.1 Å². The number of benzene rings is 2. The highest BCUT2D eigenvalue weighted by Gasteiger charge is 2.35. The van der Waals surface area contributed by atoms with Crippen LogP contribution in [0, 0.1) is 0 Å². The van der Waals surface area contributed by atoms with Gasteiger partial charge in [0.1, 0.15) is 11.5 Å². The maximum atomic E-state index is 12.8. The number of nitrogens with zero attached hydrogens (tertiary/aromatic N) is 3. The molecule has 5 nitrogen and oxygen atoms in total. The van der Waals surface area contributed by atoms with E-state index in [1.807, 2.05) is 54.6 Å². The van der Waals surface area contributed by atoms with Crippen LogP contribution in [-0.2, 0) is 6.54 Å². The monoisotopic (exact) mass is 413 g/mol. The lowest BCUT2D eigenvalue weighted by Crippen LogP contribution is -2.25. The summed E-state index contributed by atoms with van der Waals surface area (Å²) in [6.45, 7) is 8.04. The molecular formula is C26H27N3O2. The maximum Gasteiger partial charge on any atom is 0.254 e. The molecule has 158 valence electrons. The van der Waals surface area contributed by atoms with Crippen LogP contribution in [0.3, 0.4) is 0 Å². The predicted molar refractivity (Wildman–Crippen MR) is 124 cm³/mol. The predicted octanol–water partition coefficient (Wildman–Crippen LogP) is 4.83. The quantitative estimate of drug-likeness (QED) is 0.496. The third-order valence-corrected chi connectivity index (χ3v) is 5.82. The van der Waals surface area contributed by atoms with Gasteiger partial charge in [-0.25, -0.2) is 4.98 Å². The average molecular weight is 414 g/mol. The molecule has 0 amide bonds. The number of aromatic nitrogens is 2. The minimum absolute atomic E-state index is 0.263. The lowest BCUT2D eigenvalue weighted by molar-refractivity contribution is 0.0812. The summed E-state index contributed by atoms with van der Waals surface area (Å²) in [6, 6.07) is 17.3. The van der Waals surface area contributed by atoms with Gasteiger partial charge in [-0.1, -0.05) is 74.5 Å². The lowest BCUT2D eigenvalue weighted by atomic mass is 9.90. The third kappa shape index (κ3) is 4.14. The highest BCUT2D eigenvalue weighted by molar-refractivity contribution is 6.52. The average Bonchev–Trinajstić information content (AvgIpc) is 3.18. The molecule has 0 N–H and O–H groups in total. The Bertz CT molecular complexity index is 1120. The highest BCUT2D eigenvalue weighted by Crippen LogP contribution is 2.34. The molecule has 0 saturated heterocycles. The minimum Gasteiger partial charge on any atom is -0.324 e. The Kier molecular flexibility index (Phi) is 6.23. The van der Waals surface area contributed by atoms with Crippen molar-refractivity contribution in [1.82, 2.24) is 14.5 Å². The van der Waals surface area contributed by atoms with Crippen molar-refractivity contribution in [1.29, 1.82) is 0 Å². The molecule has 0 unspecified atom stereocenters. The zero-order chi connectivity index (χ0) is 21.8. The molecular weight excluding hydrogens is 386 g/mol. The van der Waals surface area contributed by atoms with Crippen molar-refractivity contribution in [3.8, 4) is 11.3 Å². The van der Waals surface area contributed by atoms with Crippen LogP contribution in [0.5, 0.6) is 0 Å². The van der Waals surface area contributed by atoms with Gasteiger partial charge in [0.05, 0.1) is 5.69 Å². The smallest absolute Gasteiger partial charge is 0.254 e. The van der Waals surface area contributed by atoms with Crippen molar-refractivity contribution >= 4 is 23.7 Å². The molecule has 0 atom stereocenters. The van der Waals surface area contributed by atoms with E-state index >= 15 is 0 Å². The molecule has 0 fully saturated rings. The van der Waals surface area contributed by atoms with Crippen molar-refractivity contribution in [3.63, 3.8) is 0 Å². The van der Waals surface area contributed by atoms with Gasteiger partial charge in [0.15, 0.2) is 0 Å². The highest BCUT2D eigenvalue weighted by atomic mass is 16.2. The van der Waals surface area contributed by atoms with Gasteiger partial charge >= 0.3 is 0 Å². The number of Topliss-reactive ketones (excluding diaryl/α,β-unsaturated/α-hetero) is 2. The summed E-state index contributed by atoms with van der Waals surface area (Å²) in [5.74, 6) is -0.300. The number of hydrogen-bond donors (Lipinski definition) is 0. The summed E-state index contributed by atoms with van der Waals surface area (Å²) in [5.41, 5.74) is 3.33. The van der Waals surface area contributed by atoms with E-state index < -0.39 is 11.6 Å². The van der Waals surface area contributed by atoms with Crippen molar-refractivity contribution in [2.45, 2.75) is 26.8 Å². The summed E-state index contributed by atoms with van der Waals surface area (Å²) >= 11 is 0. The van der Waals surface area contributed by atoms with Crippen LogP contribution in [0.4, 0.5) is 0 Å². The molecule has 1 aromatic heterocycles. The number of carbonyl (C=O) groups is 2. The molecule has 2 aromatic carbocycles. The van der Waals surface area contributed by atoms with E-state index in [9.17, 15) is 9.59 Å². The van der Waals surface area contributed by atoms with Gasteiger partial charge in [-0.05, 0) is 37.7 Å². The van der Waals surface area contributed by atoms with Gasteiger partial charge in [0.25, 0.3) is 5.78 Å². The van der Waals surface area contributed by atoms with Crippen LogP contribution >= 0.6 is 0 Å². The van der Waals surface area contributed by atoms with Crippen molar-refractivity contribution in [2.75, 3.05) is 19.6 Å². The maximum absolute atomic E-state index is 12.8. The Labute approximate surface area is 183 Å². The van der Waals surface area contributed by atoms with Crippen LogP contribution in [0.25, 0.3) is 23.4 Å². The molecule has 1 heterocycles. The van der Waals surface area contributed by atoms with Crippen LogP contribution in [-0.4, -0.2) is 45.7 Å². The minimum atomic E-state index is -0.523. The van der Waals surface area contributed by atoms with E-state index in [1.165, 1.54) is 0 Å². The molecule has 31 heavy (non-hydrogen) atoms. The second-order valence-electron chi connectivity index (χ2n) is 7.65. The first-order valence-electron chi connectivity index (χ1n) is 10.9. The second-order valence-corrected chi connectivity index (χ2v) is 7.65. The first kappa shape index (κ1) is 20.9. The van der Waals surface area contributed by atoms with Gasteiger partial charge in [-0.2, -0.15) is 0 Å². The van der Waals surface area contributed by atoms with E-state index in [-0.39, 0.29) is 5.69 Å². The fourth-order valence-corrected chi connectivity index (χ4v) is 4.10. The standard InChI is InChI=1S/C26H27N3O2/c1-3-28(4-2)17-10-18-29-22(16-15-19-11-6-5-7-12-19)27-23-24(29)20-13-8-9-14-21(20)25(30)26(23)31/h5-9,11-16H,3-4,10,17-18H2,1-2H3/b16-15+. The fourth-order valence-electron chi connectivity index (χ4n) is 4.10. The van der Waals surface area contributed by atoms with Gasteiger partial charge in [0, 0.05) is 17.7 Å². The van der Waals surface area contributed by atoms with Crippen LogP contribution in [0.2, 0.25) is 0 Å². The van der Waals surface area contributed by atoms with E-state index in [0.717, 1.165) is 49.4 Å². The molecule has 1 aliphatic rings. The number of carbonyl (C=O) groups excluding carboxylic acids is 2. The third-order valence-electron chi connectivity index (χ3n) is 5.82. The van der Waals surface area contributed by atoms with E-state index in [2.05, 4.69) is 28.3 Å². The lowest BCUT2D eigenvalue weighted by Gasteiger charge is -2.20. The Hall–Kier alpha value is -3.31. The molecule has 4 rings (SSSR count). The van der Waals surface area contributed by atoms with Gasteiger partial charge in [-0.15, -0.1) is 0 Å². The van der Waals surface area contributed by atoms with E-state index in [0.29, 0.717) is 11.4 Å². The Morgan fingerprint density at radius 1 is 0.871 bits per heavy atom. The Morgan fingerprint density at radius 2 is 1.55 bits per heavy atom. The molecule has 5 heteroatoms. The summed E-state index contributed by atoms with van der Waals surface area (Å²) in [5, 5.41) is 0. The Morgan fingerprint density at radius 3 is 2.26 bits per heavy atom. The normalized spacial score (nSPS) is 13.1. The molecule has 0 saturated carbocycles.